The van der Waals surface area contributed by atoms with E-state index in [1.807, 2.05) is 0 Å². The predicted molar refractivity (Wildman–Crippen MR) is 91.9 cm³/mol. The lowest BCUT2D eigenvalue weighted by Crippen LogP contribution is -2.34. The van der Waals surface area contributed by atoms with Gasteiger partial charge in [0.05, 0.1) is 0 Å². The van der Waals surface area contributed by atoms with E-state index in [0.29, 0.717) is 6.04 Å². The van der Waals surface area contributed by atoms with E-state index in [1.165, 1.54) is 55.6 Å². The molecule has 0 radical (unpaired) electrons. The molecule has 1 unspecified atom stereocenters. The van der Waals surface area contributed by atoms with Crippen molar-refractivity contribution < 1.29 is 0 Å². The standard InChI is InChI=1S/C18H29NS/c1-3-10-19-18(14-20-11-4-2)13-15-8-9-16-6-5-7-17(16)12-15/h8-9,12,18-19H,3-7,10-11,13-14H2,1-2H3. The molecule has 112 valence electrons. The second kappa shape index (κ2) is 8.74. The van der Waals surface area contributed by atoms with Gasteiger partial charge in [0.1, 0.15) is 0 Å². The predicted octanol–water partition coefficient (Wildman–Crippen LogP) is 4.23. The fourth-order valence-electron chi connectivity index (χ4n) is 2.95. The van der Waals surface area contributed by atoms with Gasteiger partial charge in [0.25, 0.3) is 0 Å². The van der Waals surface area contributed by atoms with Crippen molar-refractivity contribution in [2.75, 3.05) is 18.1 Å². The van der Waals surface area contributed by atoms with Gasteiger partial charge in [-0.15, -0.1) is 0 Å². The highest BCUT2D eigenvalue weighted by Gasteiger charge is 2.13. The smallest absolute Gasteiger partial charge is 0.0198 e. The number of nitrogens with one attached hydrogen (secondary N) is 1. The average molecular weight is 292 g/mol. The summed E-state index contributed by atoms with van der Waals surface area (Å²) in [7, 11) is 0. The Labute approximate surface area is 128 Å². The normalized spacial score (nSPS) is 15.3. The van der Waals surface area contributed by atoms with Crippen LogP contribution in [0.4, 0.5) is 0 Å². The van der Waals surface area contributed by atoms with E-state index in [2.05, 4.69) is 49.1 Å². The van der Waals surface area contributed by atoms with Crippen LogP contribution in [0.5, 0.6) is 0 Å². The van der Waals surface area contributed by atoms with Crippen molar-refractivity contribution in [2.45, 2.75) is 58.4 Å². The van der Waals surface area contributed by atoms with Crippen molar-refractivity contribution >= 4 is 11.8 Å². The molecule has 2 heteroatoms. The van der Waals surface area contributed by atoms with Crippen LogP contribution in [0.3, 0.4) is 0 Å². The third-order valence-corrected chi connectivity index (χ3v) is 5.33. The van der Waals surface area contributed by atoms with Gasteiger partial charge in [0.15, 0.2) is 0 Å². The Hall–Kier alpha value is -0.470. The number of rotatable bonds is 9. The molecule has 0 bridgehead atoms. The van der Waals surface area contributed by atoms with Crippen LogP contribution in [0.1, 0.15) is 49.8 Å². The number of benzene rings is 1. The molecular weight excluding hydrogens is 262 g/mol. The van der Waals surface area contributed by atoms with Gasteiger partial charge in [0.2, 0.25) is 0 Å². The zero-order chi connectivity index (χ0) is 14.2. The molecule has 1 aliphatic rings. The van der Waals surface area contributed by atoms with Crippen LogP contribution in [-0.4, -0.2) is 24.1 Å². The van der Waals surface area contributed by atoms with Crippen LogP contribution in [0.15, 0.2) is 18.2 Å². The molecule has 1 atom stereocenters. The van der Waals surface area contributed by atoms with Crippen molar-refractivity contribution in [2.24, 2.45) is 0 Å². The Bertz CT molecular complexity index is 402. The topological polar surface area (TPSA) is 12.0 Å². The molecule has 0 fully saturated rings. The Balaban J connectivity index is 1.91. The molecule has 0 aromatic heterocycles. The first-order valence-corrected chi connectivity index (χ1v) is 9.40. The lowest BCUT2D eigenvalue weighted by Gasteiger charge is -2.19. The molecule has 0 amide bonds. The Morgan fingerprint density at radius 1 is 1.15 bits per heavy atom. The highest BCUT2D eigenvalue weighted by Crippen LogP contribution is 2.23. The number of thioether (sulfide) groups is 1. The largest absolute Gasteiger partial charge is 0.313 e. The third kappa shape index (κ3) is 4.82. The first-order chi connectivity index (χ1) is 9.83. The molecule has 20 heavy (non-hydrogen) atoms. The molecule has 1 aliphatic carbocycles. The molecular formula is C18H29NS. The second-order valence-electron chi connectivity index (χ2n) is 5.89. The van der Waals surface area contributed by atoms with E-state index < -0.39 is 0 Å². The minimum absolute atomic E-state index is 0.631. The summed E-state index contributed by atoms with van der Waals surface area (Å²) in [5.41, 5.74) is 4.72. The van der Waals surface area contributed by atoms with Crippen LogP contribution < -0.4 is 5.32 Å². The third-order valence-electron chi connectivity index (χ3n) is 4.00. The molecule has 1 aromatic rings. The van der Waals surface area contributed by atoms with E-state index in [4.69, 9.17) is 0 Å². The fraction of sp³-hybridized carbons (Fsp3) is 0.667. The van der Waals surface area contributed by atoms with Crippen molar-refractivity contribution in [1.29, 1.82) is 0 Å². The van der Waals surface area contributed by atoms with Gasteiger partial charge < -0.3 is 5.32 Å². The quantitative estimate of drug-likeness (QED) is 0.683. The molecule has 0 saturated carbocycles. The number of hydrogen-bond donors (Lipinski definition) is 1. The van der Waals surface area contributed by atoms with Gasteiger partial charge >= 0.3 is 0 Å². The summed E-state index contributed by atoms with van der Waals surface area (Å²) < 4.78 is 0. The monoisotopic (exact) mass is 291 g/mol. The molecule has 0 aliphatic heterocycles. The fourth-order valence-corrected chi connectivity index (χ4v) is 3.92. The van der Waals surface area contributed by atoms with Crippen molar-refractivity contribution in [3.8, 4) is 0 Å². The SMILES string of the molecule is CCCNC(CSCCC)Cc1ccc2c(c1)CCC2. The number of hydrogen-bond acceptors (Lipinski definition) is 2. The maximum atomic E-state index is 3.72. The second-order valence-corrected chi connectivity index (χ2v) is 7.04. The van der Waals surface area contributed by atoms with Crippen LogP contribution in [0.2, 0.25) is 0 Å². The molecule has 0 saturated heterocycles. The van der Waals surface area contributed by atoms with E-state index >= 15 is 0 Å². The zero-order valence-corrected chi connectivity index (χ0v) is 13.9. The highest BCUT2D eigenvalue weighted by atomic mass is 32.2. The Morgan fingerprint density at radius 2 is 2.00 bits per heavy atom. The first-order valence-electron chi connectivity index (χ1n) is 8.25. The summed E-state index contributed by atoms with van der Waals surface area (Å²) in [6.45, 7) is 5.66. The van der Waals surface area contributed by atoms with Crippen LogP contribution in [0, 0.1) is 0 Å². The molecule has 0 spiro atoms. The lowest BCUT2D eigenvalue weighted by molar-refractivity contribution is 0.550. The van der Waals surface area contributed by atoms with Gasteiger partial charge in [-0.25, -0.2) is 0 Å². The number of aryl methyl sites for hydroxylation is 2. The summed E-state index contributed by atoms with van der Waals surface area (Å²) in [5.74, 6) is 2.53. The summed E-state index contributed by atoms with van der Waals surface area (Å²) in [5, 5.41) is 3.72. The summed E-state index contributed by atoms with van der Waals surface area (Å²) in [6, 6.07) is 7.82. The Morgan fingerprint density at radius 3 is 2.80 bits per heavy atom. The van der Waals surface area contributed by atoms with E-state index in [0.717, 1.165) is 6.54 Å². The van der Waals surface area contributed by atoms with Crippen LogP contribution in [-0.2, 0) is 19.3 Å². The molecule has 1 N–H and O–H groups in total. The average Bonchev–Trinajstić information content (AvgIpc) is 2.92. The van der Waals surface area contributed by atoms with Gasteiger partial charge in [-0.2, -0.15) is 11.8 Å². The summed E-state index contributed by atoms with van der Waals surface area (Å²) in [4.78, 5) is 0. The van der Waals surface area contributed by atoms with Crippen LogP contribution in [0.25, 0.3) is 0 Å². The van der Waals surface area contributed by atoms with E-state index in [9.17, 15) is 0 Å². The van der Waals surface area contributed by atoms with Crippen molar-refractivity contribution in [1.82, 2.24) is 5.32 Å². The van der Waals surface area contributed by atoms with Crippen LogP contribution >= 0.6 is 11.8 Å². The van der Waals surface area contributed by atoms with Gasteiger partial charge in [0, 0.05) is 11.8 Å². The first kappa shape index (κ1) is 15.9. The van der Waals surface area contributed by atoms with Crippen molar-refractivity contribution in [3.63, 3.8) is 0 Å². The van der Waals surface area contributed by atoms with E-state index in [-0.39, 0.29) is 0 Å². The Kier molecular flexibility index (Phi) is 6.95. The van der Waals surface area contributed by atoms with Gasteiger partial charge in [-0.3, -0.25) is 0 Å². The maximum Gasteiger partial charge on any atom is 0.0198 e. The van der Waals surface area contributed by atoms with Crippen molar-refractivity contribution in [3.05, 3.63) is 34.9 Å². The van der Waals surface area contributed by atoms with Gasteiger partial charge in [-0.1, -0.05) is 32.0 Å². The van der Waals surface area contributed by atoms with E-state index in [1.54, 1.807) is 11.1 Å². The lowest BCUT2D eigenvalue weighted by atomic mass is 10.0. The zero-order valence-electron chi connectivity index (χ0n) is 13.1. The highest BCUT2D eigenvalue weighted by molar-refractivity contribution is 7.99. The minimum atomic E-state index is 0.631. The summed E-state index contributed by atoms with van der Waals surface area (Å²) >= 11 is 2.09. The molecule has 1 aromatic carbocycles. The summed E-state index contributed by atoms with van der Waals surface area (Å²) in [6.07, 6.45) is 7.62. The minimum Gasteiger partial charge on any atom is -0.313 e. The molecule has 0 heterocycles. The number of fused-ring (bicyclic) bond motifs is 1. The molecule has 2 rings (SSSR count). The molecule has 1 nitrogen and oxygen atoms in total. The maximum absolute atomic E-state index is 3.72. The van der Waals surface area contributed by atoms with Gasteiger partial charge in [-0.05, 0) is 67.5 Å².